The van der Waals surface area contributed by atoms with Crippen LogP contribution >= 0.6 is 11.8 Å². The van der Waals surface area contributed by atoms with Crippen molar-refractivity contribution >= 4 is 83.3 Å². The van der Waals surface area contributed by atoms with Crippen LogP contribution in [0, 0.1) is 0 Å². The summed E-state index contributed by atoms with van der Waals surface area (Å²) < 4.78 is 67.6. The van der Waals surface area contributed by atoms with Crippen molar-refractivity contribution in [2.45, 2.75) is 65.2 Å². The number of carbonyl (C=O) groups is 4. The van der Waals surface area contributed by atoms with Crippen molar-refractivity contribution in [1.29, 1.82) is 0 Å². The zero-order valence-electron chi connectivity index (χ0n) is 40.9. The van der Waals surface area contributed by atoms with E-state index in [1.54, 1.807) is 18.2 Å². The molecule has 13 rings (SSSR count). The van der Waals surface area contributed by atoms with Crippen LogP contribution in [-0.2, 0) is 58.4 Å². The van der Waals surface area contributed by atoms with Gasteiger partial charge in [-0.15, -0.1) is 16.9 Å². The number of carboxylic acids is 1. The van der Waals surface area contributed by atoms with Gasteiger partial charge in [0.1, 0.15) is 44.6 Å². The monoisotopic (exact) mass is 1080 g/mol. The summed E-state index contributed by atoms with van der Waals surface area (Å²) in [5.41, 5.74) is 7.64. The first-order valence-corrected chi connectivity index (χ1v) is 28.8. The van der Waals surface area contributed by atoms with Crippen LogP contribution in [0.5, 0.6) is 0 Å². The average Bonchev–Trinajstić information content (AvgIpc) is 4.32. The molecule has 3 amide bonds. The molecule has 8 aliphatic rings. The number of likely N-dealkylation sites (N-methyl/N-ethyl adjacent to an activating group) is 1. The van der Waals surface area contributed by atoms with Crippen molar-refractivity contribution in [2.24, 2.45) is 0 Å². The summed E-state index contributed by atoms with van der Waals surface area (Å²) >= 11 is 1.13. The zero-order chi connectivity index (χ0) is 52.6. The van der Waals surface area contributed by atoms with Gasteiger partial charge in [0.05, 0.1) is 30.1 Å². The Bertz CT molecular complexity index is 3990. The lowest BCUT2D eigenvalue weighted by Crippen LogP contribution is -2.73. The van der Waals surface area contributed by atoms with E-state index in [1.807, 2.05) is 60.7 Å². The number of thioether (sulfide) groups is 1. The number of nitrogens with zero attached hydrogens (tertiary/aromatic N) is 8. The molecule has 5 atom stereocenters. The number of sulfone groups is 1. The Hall–Kier alpha value is -7.66. The van der Waals surface area contributed by atoms with Gasteiger partial charge in [0.15, 0.2) is 16.4 Å². The highest BCUT2D eigenvalue weighted by atomic mass is 32.2. The van der Waals surface area contributed by atoms with Crippen LogP contribution < -0.4 is 20.1 Å². The summed E-state index contributed by atoms with van der Waals surface area (Å²) in [5, 5.41) is 20.4. The Balaban J connectivity index is 0.829. The number of aliphatic carboxylic acids is 1. The van der Waals surface area contributed by atoms with E-state index in [9.17, 15) is 32.7 Å². The van der Waals surface area contributed by atoms with Crippen molar-refractivity contribution in [2.75, 3.05) is 37.3 Å². The fourth-order valence-electron chi connectivity index (χ4n) is 12.1. The number of hydrogen-bond donors (Lipinski definition) is 2. The van der Waals surface area contributed by atoms with Gasteiger partial charge in [0.2, 0.25) is 32.9 Å². The lowest BCUT2D eigenvalue weighted by Gasteiger charge is -2.50. The highest BCUT2D eigenvalue weighted by Gasteiger charge is 2.70. The summed E-state index contributed by atoms with van der Waals surface area (Å²) in [6.07, 6.45) is 4.27. The maximum atomic E-state index is 15.1. The van der Waals surface area contributed by atoms with Crippen molar-refractivity contribution in [1.82, 2.24) is 39.0 Å². The van der Waals surface area contributed by atoms with Crippen LogP contribution in [0.1, 0.15) is 24.5 Å². The molecule has 3 fully saturated rings. The number of fused-ring (bicyclic) bond motifs is 6. The number of rotatable bonds is 11. The van der Waals surface area contributed by atoms with E-state index in [4.69, 9.17) is 4.42 Å². The third kappa shape index (κ3) is 7.13. The first-order valence-electron chi connectivity index (χ1n) is 24.7. The molecule has 22 heteroatoms. The molecule has 76 heavy (non-hydrogen) atoms. The Morgan fingerprint density at radius 3 is 2.53 bits per heavy atom. The summed E-state index contributed by atoms with van der Waals surface area (Å²) in [6, 6.07) is 32.5. The molecule has 1 aliphatic carbocycles. The second-order valence-corrected chi connectivity index (χ2v) is 25.8. The van der Waals surface area contributed by atoms with Crippen LogP contribution in [-0.4, -0.2) is 135 Å². The van der Waals surface area contributed by atoms with Crippen LogP contribution in [0.2, 0.25) is 0 Å². The van der Waals surface area contributed by atoms with Crippen LogP contribution in [0.4, 0.5) is 17.1 Å². The molecule has 0 saturated carbocycles. The molecule has 3 saturated heterocycles. The number of sulfonamides is 1. The molecular weight excluding hydrogens is 1030 g/mol. The van der Waals surface area contributed by atoms with Crippen LogP contribution in [0.25, 0.3) is 33.4 Å². The lowest BCUT2D eigenvalue weighted by atomic mass is 9.93. The minimum absolute atomic E-state index is 0.0262. The summed E-state index contributed by atoms with van der Waals surface area (Å²) in [7, 11) is -7.18. The highest BCUT2D eigenvalue weighted by molar-refractivity contribution is 8.00. The number of hydrogen-bond acceptors (Lipinski definition) is 13. The molecule has 1 unspecified atom stereocenters. The fourth-order valence-corrected chi connectivity index (χ4v) is 17.2. The number of carboxylic acid groups (broad SMARTS) is 1. The van der Waals surface area contributed by atoms with Crippen molar-refractivity contribution < 1.29 is 45.5 Å². The summed E-state index contributed by atoms with van der Waals surface area (Å²) in [4.78, 5) is 58.5. The van der Waals surface area contributed by atoms with E-state index in [2.05, 4.69) is 49.4 Å². The first kappa shape index (κ1) is 48.0. The molecular formula is C54H48N9O10S3+. The van der Waals surface area contributed by atoms with E-state index in [0.717, 1.165) is 74.2 Å². The number of aromatic nitrogens is 3. The van der Waals surface area contributed by atoms with Crippen molar-refractivity contribution in [3.8, 4) is 22.5 Å². The van der Waals surface area contributed by atoms with Crippen molar-refractivity contribution in [3.05, 3.63) is 149 Å². The van der Waals surface area contributed by atoms with Crippen molar-refractivity contribution in [3.63, 3.8) is 0 Å². The Morgan fingerprint density at radius 2 is 1.74 bits per heavy atom. The van der Waals surface area contributed by atoms with E-state index in [1.165, 1.54) is 48.2 Å². The predicted molar refractivity (Wildman–Crippen MR) is 281 cm³/mol. The third-order valence-corrected chi connectivity index (χ3v) is 21.9. The largest absolute Gasteiger partial charge is 0.477 e. The second kappa shape index (κ2) is 17.4. The molecule has 0 bridgehead atoms. The smallest absolute Gasteiger partial charge is 0.352 e. The van der Waals surface area contributed by atoms with Gasteiger partial charge in [-0.1, -0.05) is 59.8 Å². The quantitative estimate of drug-likeness (QED) is 0.105. The normalized spacial score (nSPS) is 24.1. The maximum absolute atomic E-state index is 15.1. The standard InChI is InChI=1S/C54H47N9O10S3/c1-54(30-59-24-21-55-57-59)49(62-44(64)27-45(62)75(54,69)70)50(65)56-47-51(66)63-48(53(67)68)33(29-74-52(47)63)28-58(2)76(71,72)43-14-8-5-11-38(43)46-36-17-15-34(60-22-19-31-9-3-6-12-39(31)60)25-41(36)73-42-26-35(16-18-37(42)46)61-23-20-32-10-4-7-13-40(32)61/h3-18,21,24-26,45,47,49,52H,19-20,22-23,27-30H2,1-2H3,(H-,56,65,67,68)/p+1/t45-,47-,49+,52?,54-/m1/s1. The summed E-state index contributed by atoms with van der Waals surface area (Å²) in [6.45, 7) is 2.22. The number of anilines is 2. The molecule has 386 valence electrons. The predicted octanol–water partition coefficient (Wildman–Crippen LogP) is 4.32. The van der Waals surface area contributed by atoms with Gasteiger partial charge in [-0.25, -0.2) is 21.6 Å². The Labute approximate surface area is 440 Å². The molecule has 0 radical (unpaired) electrons. The molecule has 0 spiro atoms. The minimum atomic E-state index is -4.43. The third-order valence-electron chi connectivity index (χ3n) is 15.9. The number of para-hydroxylation sites is 2. The van der Waals surface area contributed by atoms with E-state index >= 15 is 8.42 Å². The van der Waals surface area contributed by atoms with E-state index in [-0.39, 0.29) is 29.2 Å². The van der Waals surface area contributed by atoms with Crippen LogP contribution in [0.3, 0.4) is 0 Å². The second-order valence-electron chi connectivity index (χ2n) is 20.1. The SMILES string of the molecule is CN(CC1=C(C(=O)O)N2C(=O)[C@@H](NC(=O)[C@@H]3N4C(=O)C[C@H]4S(=O)(=O)[C@]3(C)Cn3ccnn3)C2SC1)S(=O)(=O)c1ccccc1-c1c2ccc(=[N+]3CCc4ccccc43)cc-2oc2cc(N3CCc4ccccc43)ccc12. The van der Waals surface area contributed by atoms with Gasteiger partial charge in [-0.05, 0) is 54.8 Å². The number of β-lactam (4-membered cyclic amide) rings is 2. The molecule has 4 aromatic carbocycles. The van der Waals surface area contributed by atoms with Gasteiger partial charge in [-0.2, -0.15) is 8.88 Å². The van der Waals surface area contributed by atoms with E-state index < -0.39 is 83.4 Å². The zero-order valence-corrected chi connectivity index (χ0v) is 43.4. The fraction of sp³-hybridized carbons (Fsp3) is 0.278. The van der Waals surface area contributed by atoms with Gasteiger partial charge in [0, 0.05) is 95.7 Å². The number of benzene rings is 5. The topological polar surface area (TPSA) is 229 Å². The molecule has 7 aliphatic heterocycles. The summed E-state index contributed by atoms with van der Waals surface area (Å²) in [5.74, 6) is -3.16. The molecule has 2 N–H and O–H groups in total. The molecule has 19 nitrogen and oxygen atoms in total. The first-order chi connectivity index (χ1) is 36.5. The van der Waals surface area contributed by atoms with Gasteiger partial charge in [0.25, 0.3) is 5.91 Å². The molecule has 5 aromatic rings. The van der Waals surface area contributed by atoms with Gasteiger partial charge >= 0.3 is 5.97 Å². The average molecular weight is 1080 g/mol. The van der Waals surface area contributed by atoms with Gasteiger partial charge < -0.3 is 24.6 Å². The Kier molecular flexibility index (Phi) is 11.0. The van der Waals surface area contributed by atoms with E-state index in [0.29, 0.717) is 33.4 Å². The maximum Gasteiger partial charge on any atom is 0.352 e. The number of carbonyl (C=O) groups excluding carboxylic acids is 3. The Morgan fingerprint density at radius 1 is 0.961 bits per heavy atom. The number of amides is 3. The molecule has 8 heterocycles. The number of nitrogens with one attached hydrogen (secondary N) is 1. The van der Waals surface area contributed by atoms with Crippen LogP contribution in [0.15, 0.2) is 142 Å². The highest BCUT2D eigenvalue weighted by Crippen LogP contribution is 2.49. The molecule has 1 aromatic heterocycles. The minimum Gasteiger partial charge on any atom is -0.477 e. The lowest BCUT2D eigenvalue weighted by molar-refractivity contribution is -0.154. The van der Waals surface area contributed by atoms with Gasteiger partial charge in [-0.3, -0.25) is 24.0 Å².